The molecule has 1 aliphatic rings. The third-order valence-electron chi connectivity index (χ3n) is 5.40. The van der Waals surface area contributed by atoms with Crippen molar-refractivity contribution in [1.82, 2.24) is 9.99 Å². The summed E-state index contributed by atoms with van der Waals surface area (Å²) >= 11 is 0. The number of hydrogen-bond acceptors (Lipinski definition) is 6. The number of rotatable bonds is 4. The van der Waals surface area contributed by atoms with Crippen LogP contribution in [0.4, 0.5) is 13.2 Å². The van der Waals surface area contributed by atoms with E-state index in [-0.39, 0.29) is 16.3 Å². The van der Waals surface area contributed by atoms with Gasteiger partial charge in [0, 0.05) is 29.1 Å². The lowest BCUT2D eigenvalue weighted by Crippen LogP contribution is -2.56. The van der Waals surface area contributed by atoms with E-state index in [0.29, 0.717) is 33.7 Å². The Balaban J connectivity index is 1.91. The first kappa shape index (κ1) is 22.5. The molecule has 0 saturated heterocycles. The second-order valence-electron chi connectivity index (χ2n) is 7.58. The fraction of sp³-hybridized carbons (Fsp3) is 0.261. The van der Waals surface area contributed by atoms with Crippen LogP contribution in [0.25, 0.3) is 22.2 Å². The van der Waals surface area contributed by atoms with Gasteiger partial charge in [0.2, 0.25) is 0 Å². The maximum absolute atomic E-state index is 13.7. The maximum atomic E-state index is 13.7. The Kier molecular flexibility index (Phi) is 5.49. The summed E-state index contributed by atoms with van der Waals surface area (Å²) in [5, 5.41) is 14.6. The van der Waals surface area contributed by atoms with Crippen molar-refractivity contribution in [3.63, 3.8) is 0 Å². The Labute approximate surface area is 187 Å². The first-order valence-electron chi connectivity index (χ1n) is 9.89. The molecule has 0 unspecified atom stereocenters. The zero-order valence-corrected chi connectivity index (χ0v) is 18.0. The molecule has 1 amide bonds. The number of fused-ring (bicyclic) bond motifs is 1. The van der Waals surface area contributed by atoms with Crippen molar-refractivity contribution in [3.8, 4) is 22.8 Å². The minimum Gasteiger partial charge on any atom is -0.497 e. The molecule has 1 N–H and O–H groups in total. The number of nitrogens with zero attached hydrogens (tertiary/aromatic N) is 3. The standard InChI is InChI=1S/C23H20F3N3O4/c1-13-12-22(31,23(24,25)26)29(28-13)21(30)17-11-19(27-18-7-5-4-6-15(17)18)16-9-8-14(32-2)10-20(16)33-3/h4-11,31H,12H2,1-3H3/t22-/m0/s1. The lowest BCUT2D eigenvalue weighted by atomic mass is 10.0. The van der Waals surface area contributed by atoms with E-state index in [1.807, 2.05) is 0 Å². The van der Waals surface area contributed by atoms with Crippen LogP contribution in [0.1, 0.15) is 23.7 Å². The minimum atomic E-state index is -5.10. The lowest BCUT2D eigenvalue weighted by Gasteiger charge is -2.32. The Morgan fingerprint density at radius 3 is 2.52 bits per heavy atom. The van der Waals surface area contributed by atoms with Gasteiger partial charge in [0.15, 0.2) is 0 Å². The molecule has 0 bridgehead atoms. The lowest BCUT2D eigenvalue weighted by molar-refractivity contribution is -0.297. The first-order valence-corrected chi connectivity index (χ1v) is 9.89. The molecule has 2 aromatic carbocycles. The number of halogens is 3. The molecule has 0 fully saturated rings. The van der Waals surface area contributed by atoms with Crippen LogP contribution in [0, 0.1) is 0 Å². The van der Waals surface area contributed by atoms with Crippen molar-refractivity contribution in [2.24, 2.45) is 5.10 Å². The predicted octanol–water partition coefficient (Wildman–Crippen LogP) is 4.39. The Bertz CT molecular complexity index is 1280. The van der Waals surface area contributed by atoms with Crippen molar-refractivity contribution < 1.29 is 32.5 Å². The fourth-order valence-corrected chi connectivity index (χ4v) is 3.77. The fourth-order valence-electron chi connectivity index (χ4n) is 3.77. The number of carbonyl (C=O) groups is 1. The van der Waals surface area contributed by atoms with E-state index in [1.165, 1.54) is 27.2 Å². The number of aromatic nitrogens is 1. The van der Waals surface area contributed by atoms with Crippen molar-refractivity contribution in [1.29, 1.82) is 0 Å². The van der Waals surface area contributed by atoms with Gasteiger partial charge in [-0.05, 0) is 31.2 Å². The van der Waals surface area contributed by atoms with E-state index in [2.05, 4.69) is 10.1 Å². The summed E-state index contributed by atoms with van der Waals surface area (Å²) in [5.41, 5.74) is -2.35. The van der Waals surface area contributed by atoms with Gasteiger partial charge in [-0.2, -0.15) is 23.3 Å². The van der Waals surface area contributed by atoms with E-state index < -0.39 is 24.2 Å². The highest BCUT2D eigenvalue weighted by atomic mass is 19.4. The number of hydrogen-bond donors (Lipinski definition) is 1. The van der Waals surface area contributed by atoms with Crippen LogP contribution in [-0.2, 0) is 0 Å². The van der Waals surface area contributed by atoms with Crippen LogP contribution in [0.15, 0.2) is 53.6 Å². The topological polar surface area (TPSA) is 84.2 Å². The normalized spacial score (nSPS) is 18.4. The van der Waals surface area contributed by atoms with Gasteiger partial charge in [0.1, 0.15) is 11.5 Å². The zero-order valence-electron chi connectivity index (χ0n) is 18.0. The summed E-state index contributed by atoms with van der Waals surface area (Å²) in [6.07, 6.45) is -5.93. The van der Waals surface area contributed by atoms with Gasteiger partial charge in [-0.25, -0.2) is 4.98 Å². The van der Waals surface area contributed by atoms with Gasteiger partial charge >= 0.3 is 6.18 Å². The highest BCUT2D eigenvalue weighted by Crippen LogP contribution is 2.42. The molecule has 0 spiro atoms. The molecule has 7 nitrogen and oxygen atoms in total. The van der Waals surface area contributed by atoms with Crippen LogP contribution in [0.5, 0.6) is 11.5 Å². The van der Waals surface area contributed by atoms with Crippen LogP contribution in [0.2, 0.25) is 0 Å². The molecule has 2 heterocycles. The van der Waals surface area contributed by atoms with Crippen molar-refractivity contribution in [3.05, 3.63) is 54.1 Å². The monoisotopic (exact) mass is 459 g/mol. The average Bonchev–Trinajstić information content (AvgIpc) is 3.12. The second-order valence-corrected chi connectivity index (χ2v) is 7.58. The van der Waals surface area contributed by atoms with Crippen molar-refractivity contribution in [2.75, 3.05) is 14.2 Å². The van der Waals surface area contributed by atoms with E-state index in [0.717, 1.165) is 0 Å². The van der Waals surface area contributed by atoms with Crippen LogP contribution in [0.3, 0.4) is 0 Å². The van der Waals surface area contributed by atoms with Gasteiger partial charge in [0.05, 0.1) is 31.0 Å². The molecule has 172 valence electrons. The molecule has 0 radical (unpaired) electrons. The van der Waals surface area contributed by atoms with E-state index >= 15 is 0 Å². The van der Waals surface area contributed by atoms with Crippen molar-refractivity contribution in [2.45, 2.75) is 25.2 Å². The summed E-state index contributed by atoms with van der Waals surface area (Å²) < 4.78 is 51.8. The predicted molar refractivity (Wildman–Crippen MR) is 115 cm³/mol. The number of alkyl halides is 3. The highest BCUT2D eigenvalue weighted by molar-refractivity contribution is 6.08. The Morgan fingerprint density at radius 2 is 1.85 bits per heavy atom. The third-order valence-corrected chi connectivity index (χ3v) is 5.40. The second kappa shape index (κ2) is 8.04. The zero-order chi connectivity index (χ0) is 24.0. The van der Waals surface area contributed by atoms with E-state index in [1.54, 1.807) is 42.5 Å². The molecule has 1 aliphatic heterocycles. The number of pyridine rings is 1. The third kappa shape index (κ3) is 3.76. The van der Waals surface area contributed by atoms with Gasteiger partial charge in [-0.15, -0.1) is 0 Å². The van der Waals surface area contributed by atoms with E-state index in [4.69, 9.17) is 9.47 Å². The molecule has 1 atom stereocenters. The van der Waals surface area contributed by atoms with E-state index in [9.17, 15) is 23.1 Å². The number of ether oxygens (including phenoxy) is 2. The maximum Gasteiger partial charge on any atom is 0.438 e. The molecule has 3 aromatic rings. The smallest absolute Gasteiger partial charge is 0.438 e. The number of carbonyl (C=O) groups excluding carboxylic acids is 1. The van der Waals surface area contributed by atoms with Crippen LogP contribution >= 0.6 is 0 Å². The largest absolute Gasteiger partial charge is 0.497 e. The van der Waals surface area contributed by atoms with Crippen LogP contribution in [-0.4, -0.2) is 52.8 Å². The van der Waals surface area contributed by atoms with Crippen molar-refractivity contribution >= 4 is 22.5 Å². The molecule has 4 rings (SSSR count). The molecule has 1 aromatic heterocycles. The Hall–Kier alpha value is -3.66. The summed E-state index contributed by atoms with van der Waals surface area (Å²) in [4.78, 5) is 18.0. The quantitative estimate of drug-likeness (QED) is 0.626. The Morgan fingerprint density at radius 1 is 1.12 bits per heavy atom. The summed E-state index contributed by atoms with van der Waals surface area (Å²) in [6.45, 7) is 1.32. The SMILES string of the molecule is COc1ccc(-c2cc(C(=O)N3N=C(C)C[C@]3(O)C(F)(F)F)c3ccccc3n2)c(OC)c1. The number of benzene rings is 2. The molecule has 0 saturated carbocycles. The summed E-state index contributed by atoms with van der Waals surface area (Å²) in [7, 11) is 2.95. The van der Waals surface area contributed by atoms with Gasteiger partial charge < -0.3 is 14.6 Å². The van der Waals surface area contributed by atoms with Gasteiger partial charge in [-0.3, -0.25) is 4.79 Å². The molecular weight excluding hydrogens is 439 g/mol. The van der Waals surface area contributed by atoms with Gasteiger partial charge in [-0.1, -0.05) is 18.2 Å². The summed E-state index contributed by atoms with van der Waals surface area (Å²) in [5.74, 6) is -0.166. The number of para-hydroxylation sites is 1. The van der Waals surface area contributed by atoms with Gasteiger partial charge in [0.25, 0.3) is 11.6 Å². The minimum absolute atomic E-state index is 0.0152. The molecule has 33 heavy (non-hydrogen) atoms. The van der Waals surface area contributed by atoms with Crippen LogP contribution < -0.4 is 9.47 Å². The molecular formula is C23H20F3N3O4. The number of aliphatic hydroxyl groups is 1. The molecule has 0 aliphatic carbocycles. The summed E-state index contributed by atoms with van der Waals surface area (Å²) in [6, 6.07) is 12.9. The highest BCUT2D eigenvalue weighted by Gasteiger charge is 2.62. The average molecular weight is 459 g/mol. The first-order chi connectivity index (χ1) is 15.6. The number of amides is 1. The number of methoxy groups -OCH3 is 2. The number of hydrazone groups is 1. The molecule has 10 heteroatoms.